The van der Waals surface area contributed by atoms with E-state index in [-0.39, 0.29) is 10.3 Å². The molecule has 5 rings (SSSR count). The molecule has 4 heterocycles. The topological polar surface area (TPSA) is 116 Å². The van der Waals surface area contributed by atoms with Gasteiger partial charge in [-0.2, -0.15) is 5.10 Å². The Bertz CT molecular complexity index is 1520. The summed E-state index contributed by atoms with van der Waals surface area (Å²) in [6.07, 6.45) is 1.76. The molecule has 35 heavy (non-hydrogen) atoms. The molecule has 1 unspecified atom stereocenters. The van der Waals surface area contributed by atoms with Crippen molar-refractivity contribution in [2.45, 2.75) is 45.1 Å². The lowest BCUT2D eigenvalue weighted by Crippen LogP contribution is -2.17. The van der Waals surface area contributed by atoms with Gasteiger partial charge in [0.25, 0.3) is 0 Å². The number of hydrogen-bond acceptors (Lipinski definition) is 6. The van der Waals surface area contributed by atoms with Crippen molar-refractivity contribution in [2.24, 2.45) is 10.6 Å². The Morgan fingerprint density at radius 3 is 2.54 bits per heavy atom. The van der Waals surface area contributed by atoms with E-state index in [4.69, 9.17) is 15.2 Å². The quantitative estimate of drug-likeness (QED) is 0.415. The minimum Gasteiger partial charge on any atom is -0.340 e. The molecule has 8 nitrogen and oxygen atoms in total. The summed E-state index contributed by atoms with van der Waals surface area (Å²) in [5.41, 5.74) is 6.70. The minimum absolute atomic E-state index is 0.0621. The van der Waals surface area contributed by atoms with Crippen molar-refractivity contribution in [1.82, 2.24) is 19.7 Å². The average Bonchev–Trinajstić information content (AvgIpc) is 3.26. The van der Waals surface area contributed by atoms with Gasteiger partial charge in [-0.3, -0.25) is 9.67 Å². The Kier molecular flexibility index (Phi) is 5.49. The molecule has 1 aromatic carbocycles. The highest BCUT2D eigenvalue weighted by molar-refractivity contribution is 7.89. The first kappa shape index (κ1) is 23.2. The Morgan fingerprint density at radius 1 is 1.11 bits per heavy atom. The van der Waals surface area contributed by atoms with Crippen LogP contribution in [0.4, 0.5) is 11.5 Å². The number of nitrogens with zero attached hydrogens (tertiary/aromatic N) is 4. The number of nitrogens with one attached hydrogen (secondary N) is 1. The van der Waals surface area contributed by atoms with Crippen LogP contribution >= 0.6 is 0 Å². The highest BCUT2D eigenvalue weighted by Crippen LogP contribution is 2.49. The van der Waals surface area contributed by atoms with Crippen LogP contribution in [0.15, 0.2) is 65.7 Å². The second-order valence-corrected chi connectivity index (χ2v) is 11.3. The second-order valence-electron chi connectivity index (χ2n) is 9.77. The molecule has 1 aliphatic heterocycles. The minimum atomic E-state index is -3.74. The number of sulfonamides is 1. The third-order valence-corrected chi connectivity index (χ3v) is 7.70. The van der Waals surface area contributed by atoms with Crippen molar-refractivity contribution >= 4 is 21.5 Å². The smallest absolute Gasteiger partial charge is 0.238 e. The van der Waals surface area contributed by atoms with Crippen LogP contribution in [0.5, 0.6) is 0 Å². The molecule has 0 radical (unpaired) electrons. The summed E-state index contributed by atoms with van der Waals surface area (Å²) < 4.78 is 25.2. The fraction of sp³-hybridized carbons (Fsp3) is 0.269. The molecule has 9 heteroatoms. The maximum Gasteiger partial charge on any atom is 0.238 e. The van der Waals surface area contributed by atoms with Crippen LogP contribution in [0.3, 0.4) is 0 Å². The van der Waals surface area contributed by atoms with Crippen LogP contribution in [-0.2, 0) is 16.6 Å². The molecule has 0 fully saturated rings. The van der Waals surface area contributed by atoms with Gasteiger partial charge >= 0.3 is 0 Å². The highest BCUT2D eigenvalue weighted by Gasteiger charge is 2.40. The van der Waals surface area contributed by atoms with Crippen molar-refractivity contribution in [3.05, 3.63) is 72.2 Å². The number of pyridine rings is 2. The lowest BCUT2D eigenvalue weighted by molar-refractivity contribution is 0.301. The van der Waals surface area contributed by atoms with E-state index in [2.05, 4.69) is 35.8 Å². The number of benzene rings is 1. The molecule has 0 spiro atoms. The van der Waals surface area contributed by atoms with Crippen LogP contribution in [0, 0.1) is 12.3 Å². The van der Waals surface area contributed by atoms with Gasteiger partial charge in [0.1, 0.15) is 11.5 Å². The number of nitrogens with two attached hydrogens (primary N) is 1. The van der Waals surface area contributed by atoms with Crippen LogP contribution in [0.1, 0.15) is 38.1 Å². The molecule has 0 aliphatic carbocycles. The molecule has 0 saturated heterocycles. The predicted molar refractivity (Wildman–Crippen MR) is 137 cm³/mol. The molecule has 4 aromatic rings. The standard InChI is InChI=1S/C26H28N6O2S/c1-16-6-5-7-21(29-16)24-23(25-17(2)26(3,4)15-32(25)31-24)18-12-13-28-22(14-18)30-19-8-10-20(11-9-19)35(27,33)34/h5-14,17H,15H2,1-4H3,(H,28,30)(H2,27,33,34). The molecule has 0 amide bonds. The van der Waals surface area contributed by atoms with E-state index >= 15 is 0 Å². The first-order chi connectivity index (χ1) is 16.5. The lowest BCUT2D eigenvalue weighted by atomic mass is 9.79. The summed E-state index contributed by atoms with van der Waals surface area (Å²) in [6.45, 7) is 9.62. The summed E-state index contributed by atoms with van der Waals surface area (Å²) in [5, 5.41) is 13.5. The number of anilines is 2. The van der Waals surface area contributed by atoms with E-state index < -0.39 is 10.0 Å². The Morgan fingerprint density at radius 2 is 1.86 bits per heavy atom. The molecule has 1 atom stereocenters. The average molecular weight is 489 g/mol. The van der Waals surface area contributed by atoms with Gasteiger partial charge in [0, 0.05) is 35.6 Å². The fourth-order valence-electron chi connectivity index (χ4n) is 4.60. The Labute approximate surface area is 205 Å². The first-order valence-corrected chi connectivity index (χ1v) is 13.0. The van der Waals surface area contributed by atoms with Crippen LogP contribution in [0.2, 0.25) is 0 Å². The van der Waals surface area contributed by atoms with Crippen molar-refractivity contribution in [3.8, 4) is 22.5 Å². The van der Waals surface area contributed by atoms with Gasteiger partial charge in [-0.25, -0.2) is 18.5 Å². The van der Waals surface area contributed by atoms with Gasteiger partial charge in [-0.1, -0.05) is 26.8 Å². The number of aryl methyl sites for hydroxylation is 1. The van der Waals surface area contributed by atoms with Gasteiger partial charge in [-0.05, 0) is 66.4 Å². The van der Waals surface area contributed by atoms with E-state index in [0.717, 1.165) is 34.8 Å². The summed E-state index contributed by atoms with van der Waals surface area (Å²) in [4.78, 5) is 9.29. The molecule has 1 aliphatic rings. The van der Waals surface area contributed by atoms with Gasteiger partial charge < -0.3 is 5.32 Å². The maximum atomic E-state index is 11.5. The molecule has 3 aromatic heterocycles. The van der Waals surface area contributed by atoms with E-state index in [1.54, 1.807) is 18.3 Å². The molecule has 3 N–H and O–H groups in total. The number of aromatic nitrogens is 4. The molecular formula is C26H28N6O2S. The monoisotopic (exact) mass is 488 g/mol. The zero-order valence-electron chi connectivity index (χ0n) is 20.1. The zero-order chi connectivity index (χ0) is 25.0. The van der Waals surface area contributed by atoms with E-state index in [1.165, 1.54) is 17.8 Å². The lowest BCUT2D eigenvalue weighted by Gasteiger charge is -2.23. The Balaban J connectivity index is 1.58. The van der Waals surface area contributed by atoms with E-state index in [9.17, 15) is 8.42 Å². The number of primary sulfonamides is 1. The summed E-state index contributed by atoms with van der Waals surface area (Å²) in [6, 6.07) is 16.2. The van der Waals surface area contributed by atoms with Gasteiger partial charge in [0.2, 0.25) is 10.0 Å². The van der Waals surface area contributed by atoms with Gasteiger partial charge in [0.05, 0.1) is 16.3 Å². The fourth-order valence-corrected chi connectivity index (χ4v) is 5.11. The van der Waals surface area contributed by atoms with Gasteiger partial charge in [-0.15, -0.1) is 0 Å². The Hall–Kier alpha value is -3.56. The van der Waals surface area contributed by atoms with Crippen LogP contribution in [0.25, 0.3) is 22.5 Å². The normalized spacial score (nSPS) is 16.8. The molecular weight excluding hydrogens is 460 g/mol. The zero-order valence-corrected chi connectivity index (χ0v) is 21.0. The van der Waals surface area contributed by atoms with Crippen molar-refractivity contribution in [3.63, 3.8) is 0 Å². The summed E-state index contributed by atoms with van der Waals surface area (Å²) in [5.74, 6) is 0.942. The third-order valence-electron chi connectivity index (χ3n) is 6.77. The predicted octanol–water partition coefficient (Wildman–Crippen LogP) is 4.85. The summed E-state index contributed by atoms with van der Waals surface area (Å²) in [7, 11) is -3.74. The molecule has 180 valence electrons. The van der Waals surface area contributed by atoms with E-state index in [0.29, 0.717) is 17.4 Å². The highest BCUT2D eigenvalue weighted by atomic mass is 32.2. The largest absolute Gasteiger partial charge is 0.340 e. The molecule has 0 saturated carbocycles. The van der Waals surface area contributed by atoms with Gasteiger partial charge in [0.15, 0.2) is 0 Å². The second kappa shape index (κ2) is 8.28. The SMILES string of the molecule is Cc1cccc(-c2nn3c(c2-c2ccnc(Nc4ccc(S(N)(=O)=O)cc4)c2)C(C)C(C)(C)C3)n1. The number of hydrogen-bond donors (Lipinski definition) is 2. The van der Waals surface area contributed by atoms with E-state index in [1.807, 2.05) is 37.3 Å². The number of fused-ring (bicyclic) bond motifs is 1. The first-order valence-electron chi connectivity index (χ1n) is 11.4. The van der Waals surface area contributed by atoms with Crippen LogP contribution in [-0.4, -0.2) is 28.2 Å². The van der Waals surface area contributed by atoms with Crippen molar-refractivity contribution in [2.75, 3.05) is 5.32 Å². The van der Waals surface area contributed by atoms with Crippen molar-refractivity contribution in [1.29, 1.82) is 0 Å². The number of rotatable bonds is 5. The molecule has 0 bridgehead atoms. The third kappa shape index (κ3) is 4.33. The van der Waals surface area contributed by atoms with Crippen LogP contribution < -0.4 is 10.5 Å². The maximum absolute atomic E-state index is 11.5. The van der Waals surface area contributed by atoms with Crippen molar-refractivity contribution < 1.29 is 8.42 Å². The summed E-state index contributed by atoms with van der Waals surface area (Å²) >= 11 is 0.